The lowest BCUT2D eigenvalue weighted by molar-refractivity contribution is 0.0652. The number of carbonyl (C=O) groups is 1. The van der Waals surface area contributed by atoms with Gasteiger partial charge >= 0.3 is 0 Å². The first-order valence-electron chi connectivity index (χ1n) is 4.97. The van der Waals surface area contributed by atoms with E-state index in [0.717, 1.165) is 6.42 Å². The van der Waals surface area contributed by atoms with E-state index >= 15 is 0 Å². The molecule has 15 heavy (non-hydrogen) atoms. The molecule has 1 saturated heterocycles. The largest absolute Gasteiger partial charge is 0.335 e. The highest BCUT2D eigenvalue weighted by Crippen LogP contribution is 2.15. The van der Waals surface area contributed by atoms with Crippen molar-refractivity contribution in [1.29, 1.82) is 0 Å². The topological polar surface area (TPSA) is 101 Å². The second-order valence-corrected chi connectivity index (χ2v) is 3.92. The monoisotopic (exact) mass is 210 g/mol. The molecule has 1 aromatic rings. The lowest BCUT2D eigenvalue weighted by Gasteiger charge is -2.34. The fourth-order valence-electron chi connectivity index (χ4n) is 1.74. The molecule has 1 aliphatic heterocycles. The van der Waals surface area contributed by atoms with Gasteiger partial charge < -0.3 is 10.6 Å². The number of H-pyrrole nitrogens is 1. The first-order valence-corrected chi connectivity index (χ1v) is 4.97. The quantitative estimate of drug-likeness (QED) is 0.619. The number of hydrogen-bond donors (Lipinski definition) is 2. The SMILES string of the molecule is CC1CN(C(=O)c2nn[nH]n2)CCC1N. The summed E-state index contributed by atoms with van der Waals surface area (Å²) in [5.41, 5.74) is 5.87. The Bertz CT molecular complexity index is 337. The Morgan fingerprint density at radius 3 is 3.07 bits per heavy atom. The van der Waals surface area contributed by atoms with Crippen LogP contribution < -0.4 is 5.73 Å². The van der Waals surface area contributed by atoms with Crippen LogP contribution in [0.4, 0.5) is 0 Å². The highest BCUT2D eigenvalue weighted by Gasteiger charge is 2.28. The number of likely N-dealkylation sites (tertiary alicyclic amines) is 1. The number of nitrogens with one attached hydrogen (secondary N) is 1. The molecular weight excluding hydrogens is 196 g/mol. The Morgan fingerprint density at radius 2 is 2.47 bits per heavy atom. The van der Waals surface area contributed by atoms with Gasteiger partial charge in [0.25, 0.3) is 11.7 Å². The van der Waals surface area contributed by atoms with Crippen LogP contribution in [0.2, 0.25) is 0 Å². The zero-order valence-electron chi connectivity index (χ0n) is 8.55. The number of amides is 1. The van der Waals surface area contributed by atoms with Crippen molar-refractivity contribution < 1.29 is 4.79 Å². The molecule has 1 amide bonds. The van der Waals surface area contributed by atoms with Crippen molar-refractivity contribution in [3.05, 3.63) is 5.82 Å². The molecule has 0 spiro atoms. The predicted molar refractivity (Wildman–Crippen MR) is 51.8 cm³/mol. The van der Waals surface area contributed by atoms with Crippen LogP contribution in [0.5, 0.6) is 0 Å². The van der Waals surface area contributed by atoms with Crippen LogP contribution in [0.15, 0.2) is 0 Å². The Hall–Kier alpha value is -1.50. The molecule has 1 fully saturated rings. The van der Waals surface area contributed by atoms with E-state index in [2.05, 4.69) is 20.6 Å². The van der Waals surface area contributed by atoms with Gasteiger partial charge in [-0.1, -0.05) is 6.92 Å². The van der Waals surface area contributed by atoms with Crippen molar-refractivity contribution in [3.63, 3.8) is 0 Å². The van der Waals surface area contributed by atoms with Crippen LogP contribution in [0.3, 0.4) is 0 Å². The molecule has 0 aliphatic carbocycles. The molecule has 1 aromatic heterocycles. The van der Waals surface area contributed by atoms with Gasteiger partial charge in [0.05, 0.1) is 0 Å². The third-order valence-electron chi connectivity index (χ3n) is 2.80. The number of nitrogens with zero attached hydrogens (tertiary/aromatic N) is 4. The molecule has 0 bridgehead atoms. The number of tetrazole rings is 1. The maximum atomic E-state index is 11.8. The Labute approximate surface area is 87.0 Å². The van der Waals surface area contributed by atoms with Gasteiger partial charge in [-0.3, -0.25) is 4.79 Å². The molecule has 3 N–H and O–H groups in total. The fraction of sp³-hybridized carbons (Fsp3) is 0.750. The standard InChI is InChI=1S/C8H14N6O/c1-5-4-14(3-2-6(5)9)8(15)7-10-12-13-11-7/h5-6H,2-4,9H2,1H3,(H,10,11,12,13). The van der Waals surface area contributed by atoms with Gasteiger partial charge in [-0.25, -0.2) is 0 Å². The van der Waals surface area contributed by atoms with E-state index in [4.69, 9.17) is 5.73 Å². The normalized spacial score (nSPS) is 26.7. The Kier molecular flexibility index (Phi) is 2.63. The molecular formula is C8H14N6O. The van der Waals surface area contributed by atoms with E-state index < -0.39 is 0 Å². The van der Waals surface area contributed by atoms with Crippen LogP contribution in [0, 0.1) is 5.92 Å². The van der Waals surface area contributed by atoms with Gasteiger partial charge in [0.2, 0.25) is 0 Å². The van der Waals surface area contributed by atoms with Gasteiger partial charge in [-0.2, -0.15) is 5.21 Å². The molecule has 2 heterocycles. The average Bonchev–Trinajstić information content (AvgIpc) is 2.74. The fourth-order valence-corrected chi connectivity index (χ4v) is 1.74. The zero-order chi connectivity index (χ0) is 10.8. The summed E-state index contributed by atoms with van der Waals surface area (Å²) < 4.78 is 0. The van der Waals surface area contributed by atoms with Crippen molar-refractivity contribution in [1.82, 2.24) is 25.5 Å². The highest BCUT2D eigenvalue weighted by molar-refractivity contribution is 5.90. The number of piperidine rings is 1. The van der Waals surface area contributed by atoms with E-state index in [1.165, 1.54) is 0 Å². The van der Waals surface area contributed by atoms with Crippen LogP contribution >= 0.6 is 0 Å². The summed E-state index contributed by atoms with van der Waals surface area (Å²) in [5, 5.41) is 13.0. The third kappa shape index (κ3) is 1.96. The van der Waals surface area contributed by atoms with Crippen LogP contribution in [-0.4, -0.2) is 50.6 Å². The van der Waals surface area contributed by atoms with Gasteiger partial charge in [0, 0.05) is 19.1 Å². The minimum atomic E-state index is -0.178. The third-order valence-corrected chi connectivity index (χ3v) is 2.80. The lowest BCUT2D eigenvalue weighted by atomic mass is 9.95. The van der Waals surface area contributed by atoms with E-state index in [-0.39, 0.29) is 17.8 Å². The van der Waals surface area contributed by atoms with E-state index in [1.54, 1.807) is 4.90 Å². The summed E-state index contributed by atoms with van der Waals surface area (Å²) in [7, 11) is 0. The maximum absolute atomic E-state index is 11.8. The molecule has 2 rings (SSSR count). The Morgan fingerprint density at radius 1 is 1.67 bits per heavy atom. The number of hydrogen-bond acceptors (Lipinski definition) is 5. The summed E-state index contributed by atoms with van der Waals surface area (Å²) in [6.45, 7) is 3.37. The molecule has 0 radical (unpaired) electrons. The molecule has 2 atom stereocenters. The van der Waals surface area contributed by atoms with Crippen LogP contribution in [0.25, 0.3) is 0 Å². The summed E-state index contributed by atoms with van der Waals surface area (Å²) in [5.74, 6) is 0.259. The number of nitrogens with two attached hydrogens (primary N) is 1. The number of aromatic nitrogens is 4. The van der Waals surface area contributed by atoms with E-state index in [0.29, 0.717) is 19.0 Å². The minimum Gasteiger partial charge on any atom is -0.335 e. The predicted octanol–water partition coefficient (Wildman–Crippen LogP) is -0.991. The van der Waals surface area contributed by atoms with E-state index in [9.17, 15) is 4.79 Å². The molecule has 7 nitrogen and oxygen atoms in total. The molecule has 0 saturated carbocycles. The maximum Gasteiger partial charge on any atom is 0.295 e. The minimum absolute atomic E-state index is 0.123. The van der Waals surface area contributed by atoms with Crippen molar-refractivity contribution >= 4 is 5.91 Å². The zero-order valence-corrected chi connectivity index (χ0v) is 8.55. The van der Waals surface area contributed by atoms with Gasteiger partial charge in [-0.15, -0.1) is 10.2 Å². The Balaban J connectivity index is 2.03. The van der Waals surface area contributed by atoms with Crippen molar-refractivity contribution in [3.8, 4) is 0 Å². The molecule has 7 heteroatoms. The molecule has 0 aromatic carbocycles. The number of rotatable bonds is 1. The summed E-state index contributed by atoms with van der Waals surface area (Å²) in [6.07, 6.45) is 0.824. The second kappa shape index (κ2) is 3.93. The van der Waals surface area contributed by atoms with Crippen LogP contribution in [-0.2, 0) is 0 Å². The first kappa shape index (κ1) is 10.0. The van der Waals surface area contributed by atoms with Crippen molar-refractivity contribution in [2.75, 3.05) is 13.1 Å². The van der Waals surface area contributed by atoms with Gasteiger partial charge in [0.15, 0.2) is 0 Å². The van der Waals surface area contributed by atoms with Gasteiger partial charge in [0.1, 0.15) is 0 Å². The smallest absolute Gasteiger partial charge is 0.295 e. The summed E-state index contributed by atoms with van der Waals surface area (Å²) in [6, 6.07) is 0.180. The second-order valence-electron chi connectivity index (χ2n) is 3.92. The molecule has 82 valence electrons. The van der Waals surface area contributed by atoms with Crippen molar-refractivity contribution in [2.45, 2.75) is 19.4 Å². The van der Waals surface area contributed by atoms with Gasteiger partial charge in [-0.05, 0) is 17.6 Å². The summed E-state index contributed by atoms with van der Waals surface area (Å²) >= 11 is 0. The number of carbonyl (C=O) groups excluding carboxylic acids is 1. The lowest BCUT2D eigenvalue weighted by Crippen LogP contribution is -2.48. The first-order chi connectivity index (χ1) is 7.18. The highest BCUT2D eigenvalue weighted by atomic mass is 16.2. The average molecular weight is 210 g/mol. The van der Waals surface area contributed by atoms with Crippen LogP contribution in [0.1, 0.15) is 24.0 Å². The van der Waals surface area contributed by atoms with E-state index in [1.807, 2.05) is 6.92 Å². The number of aromatic amines is 1. The van der Waals surface area contributed by atoms with Crippen molar-refractivity contribution in [2.24, 2.45) is 11.7 Å². The molecule has 1 aliphatic rings. The molecule has 2 unspecified atom stereocenters. The summed E-state index contributed by atoms with van der Waals surface area (Å²) in [4.78, 5) is 13.5.